The highest BCUT2D eigenvalue weighted by atomic mass is 19.4. The molecule has 0 saturated carbocycles. The average Bonchev–Trinajstić information content (AvgIpc) is 2.06. The second-order valence-electron chi connectivity index (χ2n) is 2.82. The van der Waals surface area contributed by atoms with Crippen molar-refractivity contribution in [2.45, 2.75) is 19.5 Å². The Hall–Kier alpha value is -1.27. The summed E-state index contributed by atoms with van der Waals surface area (Å²) < 4.78 is 73.5. The SMILES string of the molecule is Cc1cc(C(F)(F)F)nc(C(F)F)c1F. The van der Waals surface area contributed by atoms with Crippen LogP contribution in [-0.4, -0.2) is 4.98 Å². The van der Waals surface area contributed by atoms with Gasteiger partial charge in [-0.05, 0) is 18.6 Å². The van der Waals surface area contributed by atoms with Crippen LogP contribution in [-0.2, 0) is 6.18 Å². The van der Waals surface area contributed by atoms with Crippen molar-refractivity contribution in [2.75, 3.05) is 0 Å². The van der Waals surface area contributed by atoms with Crippen LogP contribution in [0.2, 0.25) is 0 Å². The number of halogens is 6. The second kappa shape index (κ2) is 3.71. The zero-order valence-electron chi connectivity index (χ0n) is 7.37. The molecule has 0 N–H and O–H groups in total. The quantitative estimate of drug-likeness (QED) is 0.671. The van der Waals surface area contributed by atoms with E-state index in [9.17, 15) is 26.3 Å². The van der Waals surface area contributed by atoms with Crippen LogP contribution in [0.1, 0.15) is 23.4 Å². The topological polar surface area (TPSA) is 12.9 Å². The molecule has 0 aliphatic carbocycles. The van der Waals surface area contributed by atoms with E-state index in [0.29, 0.717) is 6.07 Å². The molecule has 0 saturated heterocycles. The van der Waals surface area contributed by atoms with Crippen LogP contribution >= 0.6 is 0 Å². The molecule has 1 heterocycles. The molecule has 0 aliphatic rings. The monoisotopic (exact) mass is 229 g/mol. The fourth-order valence-corrected chi connectivity index (χ4v) is 0.971. The van der Waals surface area contributed by atoms with E-state index in [1.165, 1.54) is 0 Å². The molecule has 0 amide bonds. The standard InChI is InChI=1S/C8H5F6N/c1-3-2-4(8(12,13)14)15-6(5(3)9)7(10)11/h2,7H,1H3. The summed E-state index contributed by atoms with van der Waals surface area (Å²) in [6, 6.07) is 0.390. The highest BCUT2D eigenvalue weighted by Gasteiger charge is 2.35. The number of hydrogen-bond acceptors (Lipinski definition) is 1. The van der Waals surface area contributed by atoms with Crippen LogP contribution in [0.3, 0.4) is 0 Å². The predicted octanol–water partition coefficient (Wildman–Crippen LogP) is 3.49. The van der Waals surface area contributed by atoms with Gasteiger partial charge < -0.3 is 0 Å². The summed E-state index contributed by atoms with van der Waals surface area (Å²) in [6.45, 7) is 0.970. The summed E-state index contributed by atoms with van der Waals surface area (Å²) in [5, 5.41) is 0. The summed E-state index contributed by atoms with van der Waals surface area (Å²) in [5.74, 6) is -1.40. The summed E-state index contributed by atoms with van der Waals surface area (Å²) >= 11 is 0. The Morgan fingerprint density at radius 1 is 1.27 bits per heavy atom. The summed E-state index contributed by atoms with van der Waals surface area (Å²) in [5.41, 5.74) is -3.49. The third-order valence-electron chi connectivity index (χ3n) is 1.66. The minimum atomic E-state index is -4.86. The molecule has 0 unspecified atom stereocenters. The Kier molecular flexibility index (Phi) is 2.92. The first-order chi connectivity index (χ1) is 6.73. The van der Waals surface area contributed by atoms with E-state index in [1.54, 1.807) is 0 Å². The Morgan fingerprint density at radius 3 is 2.20 bits per heavy atom. The molecule has 15 heavy (non-hydrogen) atoms. The molecule has 0 bridgehead atoms. The molecule has 0 radical (unpaired) electrons. The molecular formula is C8H5F6N. The van der Waals surface area contributed by atoms with Gasteiger partial charge in [0.25, 0.3) is 6.43 Å². The molecule has 0 atom stereocenters. The normalized spacial score (nSPS) is 12.3. The third kappa shape index (κ3) is 2.40. The molecule has 1 aromatic heterocycles. The molecular weight excluding hydrogens is 224 g/mol. The van der Waals surface area contributed by atoms with Crippen molar-refractivity contribution >= 4 is 0 Å². The van der Waals surface area contributed by atoms with Gasteiger partial charge in [-0.15, -0.1) is 0 Å². The number of hydrogen-bond donors (Lipinski definition) is 0. The van der Waals surface area contributed by atoms with Crippen molar-refractivity contribution in [2.24, 2.45) is 0 Å². The minimum Gasteiger partial charge on any atom is -0.239 e. The maximum Gasteiger partial charge on any atom is 0.433 e. The molecule has 1 nitrogen and oxygen atoms in total. The van der Waals surface area contributed by atoms with Gasteiger partial charge in [0.05, 0.1) is 0 Å². The van der Waals surface area contributed by atoms with E-state index >= 15 is 0 Å². The van der Waals surface area contributed by atoms with Crippen molar-refractivity contribution in [3.05, 3.63) is 28.8 Å². The van der Waals surface area contributed by atoms with Crippen molar-refractivity contribution in [3.8, 4) is 0 Å². The van der Waals surface area contributed by atoms with Gasteiger partial charge in [0.15, 0.2) is 5.82 Å². The van der Waals surface area contributed by atoms with Gasteiger partial charge in [-0.1, -0.05) is 0 Å². The van der Waals surface area contributed by atoms with Crippen LogP contribution in [0.25, 0.3) is 0 Å². The van der Waals surface area contributed by atoms with Crippen LogP contribution in [0.15, 0.2) is 6.07 Å². The molecule has 7 heteroatoms. The van der Waals surface area contributed by atoms with E-state index in [2.05, 4.69) is 4.98 Å². The fourth-order valence-electron chi connectivity index (χ4n) is 0.971. The van der Waals surface area contributed by atoms with Crippen LogP contribution in [0.4, 0.5) is 26.3 Å². The number of aryl methyl sites for hydroxylation is 1. The van der Waals surface area contributed by atoms with E-state index < -0.39 is 35.4 Å². The van der Waals surface area contributed by atoms with Gasteiger partial charge in [0.1, 0.15) is 11.4 Å². The molecule has 1 aromatic rings. The Morgan fingerprint density at radius 2 is 1.80 bits per heavy atom. The van der Waals surface area contributed by atoms with Crippen LogP contribution in [0.5, 0.6) is 0 Å². The molecule has 0 aliphatic heterocycles. The second-order valence-corrected chi connectivity index (χ2v) is 2.82. The largest absolute Gasteiger partial charge is 0.433 e. The van der Waals surface area contributed by atoms with Crippen molar-refractivity contribution in [3.63, 3.8) is 0 Å². The minimum absolute atomic E-state index is 0.390. The first kappa shape index (κ1) is 11.8. The predicted molar refractivity (Wildman–Crippen MR) is 38.9 cm³/mol. The molecule has 84 valence electrons. The number of pyridine rings is 1. The van der Waals surface area contributed by atoms with Gasteiger partial charge >= 0.3 is 6.18 Å². The Balaban J connectivity index is 3.36. The summed E-state index contributed by atoms with van der Waals surface area (Å²) in [4.78, 5) is 2.55. The zero-order valence-corrected chi connectivity index (χ0v) is 7.37. The lowest BCUT2D eigenvalue weighted by Gasteiger charge is -2.10. The summed E-state index contributed by atoms with van der Waals surface area (Å²) in [7, 11) is 0. The maximum absolute atomic E-state index is 12.9. The van der Waals surface area contributed by atoms with Gasteiger partial charge in [-0.25, -0.2) is 18.2 Å². The number of aromatic nitrogens is 1. The van der Waals surface area contributed by atoms with Crippen LogP contribution < -0.4 is 0 Å². The average molecular weight is 229 g/mol. The van der Waals surface area contributed by atoms with E-state index in [4.69, 9.17) is 0 Å². The van der Waals surface area contributed by atoms with E-state index in [0.717, 1.165) is 6.92 Å². The van der Waals surface area contributed by atoms with E-state index in [-0.39, 0.29) is 0 Å². The number of rotatable bonds is 1. The zero-order chi connectivity index (χ0) is 11.8. The van der Waals surface area contributed by atoms with Crippen molar-refractivity contribution in [1.82, 2.24) is 4.98 Å². The van der Waals surface area contributed by atoms with Gasteiger partial charge in [0, 0.05) is 0 Å². The van der Waals surface area contributed by atoms with E-state index in [1.807, 2.05) is 0 Å². The van der Waals surface area contributed by atoms with Crippen molar-refractivity contribution in [1.29, 1.82) is 0 Å². The molecule has 0 spiro atoms. The Labute approximate surface area is 80.7 Å². The first-order valence-corrected chi connectivity index (χ1v) is 3.76. The molecule has 0 aromatic carbocycles. The highest BCUT2D eigenvalue weighted by Crippen LogP contribution is 2.31. The lowest BCUT2D eigenvalue weighted by Crippen LogP contribution is -2.12. The number of alkyl halides is 5. The van der Waals surface area contributed by atoms with Gasteiger partial charge in [0.2, 0.25) is 0 Å². The molecule has 0 fully saturated rings. The third-order valence-corrected chi connectivity index (χ3v) is 1.66. The van der Waals surface area contributed by atoms with Gasteiger partial charge in [-0.3, -0.25) is 0 Å². The summed E-state index contributed by atoms with van der Waals surface area (Å²) in [6.07, 6.45) is -8.23. The van der Waals surface area contributed by atoms with Crippen LogP contribution in [0, 0.1) is 12.7 Å². The van der Waals surface area contributed by atoms with Gasteiger partial charge in [-0.2, -0.15) is 13.2 Å². The lowest BCUT2D eigenvalue weighted by atomic mass is 10.2. The fraction of sp³-hybridized carbons (Fsp3) is 0.375. The maximum atomic E-state index is 12.9. The van der Waals surface area contributed by atoms with Crippen molar-refractivity contribution < 1.29 is 26.3 Å². The molecule has 1 rings (SSSR count). The first-order valence-electron chi connectivity index (χ1n) is 3.76. The number of nitrogens with zero attached hydrogens (tertiary/aromatic N) is 1. The smallest absolute Gasteiger partial charge is 0.239 e. The highest BCUT2D eigenvalue weighted by molar-refractivity contribution is 5.24. The Bertz CT molecular complexity index is 370. The lowest BCUT2D eigenvalue weighted by molar-refractivity contribution is -0.141.